The van der Waals surface area contributed by atoms with Gasteiger partial charge in [0.05, 0.1) is 29.3 Å². The van der Waals surface area contributed by atoms with Gasteiger partial charge >= 0.3 is 7.12 Å². The smallest absolute Gasteiger partial charge is 0.399 e. The molecule has 4 heterocycles. The molecule has 0 spiro atoms. The van der Waals surface area contributed by atoms with Gasteiger partial charge < -0.3 is 13.9 Å². The van der Waals surface area contributed by atoms with E-state index in [1.54, 1.807) is 24.4 Å². The normalized spacial score (nSPS) is 17.4. The molecule has 0 unspecified atom stereocenters. The van der Waals surface area contributed by atoms with E-state index in [0.717, 1.165) is 5.46 Å². The minimum atomic E-state index is -0.624. The summed E-state index contributed by atoms with van der Waals surface area (Å²) in [5, 5.41) is 9.24. The summed E-state index contributed by atoms with van der Waals surface area (Å²) >= 11 is 6.45. The zero-order valence-corrected chi connectivity index (χ0v) is 18.8. The maximum atomic E-state index is 14.1. The fourth-order valence-corrected chi connectivity index (χ4v) is 3.92. The largest absolute Gasteiger partial charge is 0.497 e. The Hall–Kier alpha value is -2.82. The molecule has 1 aliphatic heterocycles. The van der Waals surface area contributed by atoms with Crippen LogP contribution >= 0.6 is 11.6 Å². The van der Waals surface area contributed by atoms with Crippen LogP contribution in [0.1, 0.15) is 33.4 Å². The molecule has 1 fully saturated rings. The number of aromatic nitrogens is 6. The van der Waals surface area contributed by atoms with Crippen LogP contribution in [0.2, 0.25) is 5.15 Å². The maximum absolute atomic E-state index is 14.1. The van der Waals surface area contributed by atoms with Crippen molar-refractivity contribution in [2.45, 2.75) is 45.4 Å². The molecular weight excluding hydrogens is 434 g/mol. The molecule has 5 rings (SSSR count). The van der Waals surface area contributed by atoms with Gasteiger partial charge in [0, 0.05) is 11.7 Å². The number of fused-ring (bicyclic) bond motifs is 1. The van der Waals surface area contributed by atoms with Crippen molar-refractivity contribution >= 4 is 35.2 Å². The monoisotopic (exact) mass is 454 g/mol. The van der Waals surface area contributed by atoms with Gasteiger partial charge in [-0.15, -0.1) is 5.10 Å². The molecule has 4 aromatic rings. The highest BCUT2D eigenvalue weighted by Crippen LogP contribution is 2.37. The van der Waals surface area contributed by atoms with Gasteiger partial charge in [0.1, 0.15) is 34.3 Å². The lowest BCUT2D eigenvalue weighted by molar-refractivity contribution is 0.00578. The summed E-state index contributed by atoms with van der Waals surface area (Å²) in [6.45, 7) is 8.31. The van der Waals surface area contributed by atoms with Crippen LogP contribution in [0.25, 0.3) is 16.7 Å². The summed E-state index contributed by atoms with van der Waals surface area (Å²) in [4.78, 5) is 8.57. The summed E-state index contributed by atoms with van der Waals surface area (Å²) in [5.74, 6) is -0.377. The van der Waals surface area contributed by atoms with Gasteiger partial charge in [-0.25, -0.2) is 19.0 Å². The minimum Gasteiger partial charge on any atom is -0.399 e. The van der Waals surface area contributed by atoms with Crippen LogP contribution < -0.4 is 5.46 Å². The van der Waals surface area contributed by atoms with Crippen LogP contribution in [-0.2, 0) is 15.9 Å². The Morgan fingerprint density at radius 1 is 1.06 bits per heavy atom. The topological polar surface area (TPSA) is 79.9 Å². The SMILES string of the molecule is CC1(C)OB(c2cn(Cc3cn(-c4ccccc4F)nn3)c3ncnc(Cl)c23)OC1(C)C. The average Bonchev–Trinajstić information content (AvgIpc) is 3.39. The second-order valence-corrected chi connectivity index (χ2v) is 9.13. The molecule has 8 nitrogen and oxygen atoms in total. The number of benzene rings is 1. The van der Waals surface area contributed by atoms with Crippen LogP contribution in [-0.4, -0.2) is 47.8 Å². The van der Waals surface area contributed by atoms with Gasteiger partial charge in [-0.3, -0.25) is 0 Å². The molecule has 0 saturated carbocycles. The van der Waals surface area contributed by atoms with Crippen molar-refractivity contribution in [2.75, 3.05) is 0 Å². The standard InChI is InChI=1S/C21H21BClFN6O2/c1-20(2)21(3,4)32-22(31-20)14-11-29(19-17(14)18(23)25-12-26-19)9-13-10-30(28-27-13)16-8-6-5-7-15(16)24/h5-8,10-12H,9H2,1-4H3. The fraction of sp³-hybridized carbons (Fsp3) is 0.333. The quantitative estimate of drug-likeness (QED) is 0.348. The van der Waals surface area contributed by atoms with E-state index in [1.807, 2.05) is 38.5 Å². The van der Waals surface area contributed by atoms with E-state index in [2.05, 4.69) is 20.3 Å². The third kappa shape index (κ3) is 3.39. The Morgan fingerprint density at radius 3 is 2.50 bits per heavy atom. The molecule has 0 amide bonds. The lowest BCUT2D eigenvalue weighted by Gasteiger charge is -2.32. The number of hydrogen-bond donors (Lipinski definition) is 0. The Morgan fingerprint density at radius 2 is 1.78 bits per heavy atom. The van der Waals surface area contributed by atoms with Crippen molar-refractivity contribution in [2.24, 2.45) is 0 Å². The zero-order chi connectivity index (χ0) is 22.7. The number of rotatable bonds is 4. The average molecular weight is 455 g/mol. The highest BCUT2D eigenvalue weighted by atomic mass is 35.5. The zero-order valence-electron chi connectivity index (χ0n) is 18.1. The van der Waals surface area contributed by atoms with E-state index in [0.29, 0.717) is 34.1 Å². The highest BCUT2D eigenvalue weighted by molar-refractivity contribution is 6.66. The predicted molar refractivity (Wildman–Crippen MR) is 119 cm³/mol. The lowest BCUT2D eigenvalue weighted by Crippen LogP contribution is -2.41. The Balaban J connectivity index is 1.53. The first-order valence-corrected chi connectivity index (χ1v) is 10.5. The first-order chi connectivity index (χ1) is 15.2. The Bertz CT molecular complexity index is 1300. The van der Waals surface area contributed by atoms with E-state index in [1.165, 1.54) is 17.1 Å². The summed E-state index contributed by atoms with van der Waals surface area (Å²) in [6.07, 6.45) is 4.97. The van der Waals surface area contributed by atoms with Crippen LogP contribution in [0, 0.1) is 5.82 Å². The fourth-order valence-electron chi connectivity index (χ4n) is 3.69. The molecular formula is C21H21BClFN6O2. The van der Waals surface area contributed by atoms with E-state index < -0.39 is 18.3 Å². The van der Waals surface area contributed by atoms with Gasteiger partial charge in [-0.1, -0.05) is 28.9 Å². The summed E-state index contributed by atoms with van der Waals surface area (Å²) < 4.78 is 29.9. The van der Waals surface area contributed by atoms with E-state index in [9.17, 15) is 4.39 Å². The molecule has 1 saturated heterocycles. The summed E-state index contributed by atoms with van der Waals surface area (Å²) in [6, 6.07) is 6.40. The van der Waals surface area contributed by atoms with Crippen LogP contribution in [0.4, 0.5) is 4.39 Å². The number of nitrogens with zero attached hydrogens (tertiary/aromatic N) is 6. The van der Waals surface area contributed by atoms with Crippen LogP contribution in [0.5, 0.6) is 0 Å². The molecule has 1 aliphatic rings. The van der Waals surface area contributed by atoms with Crippen molar-refractivity contribution in [3.8, 4) is 5.69 Å². The minimum absolute atomic E-state index is 0.313. The molecule has 0 aliphatic carbocycles. The summed E-state index contributed by atoms with van der Waals surface area (Å²) in [5.41, 5.74) is 1.31. The van der Waals surface area contributed by atoms with Gasteiger partial charge in [0.2, 0.25) is 0 Å². The van der Waals surface area contributed by atoms with Gasteiger partial charge in [0.25, 0.3) is 0 Å². The van der Waals surface area contributed by atoms with Crippen molar-refractivity contribution < 1.29 is 13.7 Å². The second kappa shape index (κ2) is 7.36. The molecule has 11 heteroatoms. The first kappa shape index (κ1) is 21.1. The number of para-hydroxylation sites is 1. The van der Waals surface area contributed by atoms with Crippen molar-refractivity contribution in [3.63, 3.8) is 0 Å². The first-order valence-electron chi connectivity index (χ1n) is 10.2. The van der Waals surface area contributed by atoms with Crippen LogP contribution in [0.15, 0.2) is 43.0 Å². The molecule has 0 atom stereocenters. The Labute approximate surface area is 189 Å². The lowest BCUT2D eigenvalue weighted by atomic mass is 9.79. The molecule has 0 bridgehead atoms. The van der Waals surface area contributed by atoms with Crippen molar-refractivity contribution in [1.82, 2.24) is 29.5 Å². The summed E-state index contributed by atoms with van der Waals surface area (Å²) in [7, 11) is -0.624. The van der Waals surface area contributed by atoms with Crippen LogP contribution in [0.3, 0.4) is 0 Å². The van der Waals surface area contributed by atoms with E-state index in [4.69, 9.17) is 20.9 Å². The second-order valence-electron chi connectivity index (χ2n) is 8.77. The third-order valence-corrected chi connectivity index (χ3v) is 6.40. The molecule has 32 heavy (non-hydrogen) atoms. The van der Waals surface area contributed by atoms with E-state index in [-0.39, 0.29) is 5.82 Å². The molecule has 3 aromatic heterocycles. The van der Waals surface area contributed by atoms with E-state index >= 15 is 0 Å². The number of halogens is 2. The van der Waals surface area contributed by atoms with Crippen molar-refractivity contribution in [1.29, 1.82) is 0 Å². The molecule has 0 N–H and O–H groups in total. The Kier molecular flexibility index (Phi) is 4.84. The maximum Gasteiger partial charge on any atom is 0.497 e. The van der Waals surface area contributed by atoms with Gasteiger partial charge in [0.15, 0.2) is 0 Å². The van der Waals surface area contributed by atoms with Crippen molar-refractivity contribution in [3.05, 3.63) is 59.7 Å². The highest BCUT2D eigenvalue weighted by Gasteiger charge is 2.52. The molecule has 0 radical (unpaired) electrons. The van der Waals surface area contributed by atoms with Gasteiger partial charge in [-0.05, 0) is 39.8 Å². The number of hydrogen-bond acceptors (Lipinski definition) is 6. The van der Waals surface area contributed by atoms with Gasteiger partial charge in [-0.2, -0.15) is 0 Å². The predicted octanol–water partition coefficient (Wildman–Crippen LogP) is 3.15. The third-order valence-electron chi connectivity index (χ3n) is 6.12. The molecule has 1 aromatic carbocycles. The molecule has 164 valence electrons.